The van der Waals surface area contributed by atoms with Crippen molar-refractivity contribution in [3.05, 3.63) is 30.4 Å². The van der Waals surface area contributed by atoms with E-state index in [1.165, 1.54) is 12.8 Å². The van der Waals surface area contributed by atoms with Crippen LogP contribution in [0.1, 0.15) is 31.7 Å². The molecule has 0 atom stereocenters. The first-order valence-electron chi connectivity index (χ1n) is 6.31. The topological polar surface area (TPSA) is 60.7 Å². The Morgan fingerprint density at radius 3 is 2.89 bits per heavy atom. The average Bonchev–Trinajstić information content (AvgIpc) is 2.41. The maximum Gasteiger partial charge on any atom is 0.146 e. The molecule has 0 fully saturated rings. The van der Waals surface area contributed by atoms with Gasteiger partial charge in [-0.2, -0.15) is 5.26 Å². The van der Waals surface area contributed by atoms with Gasteiger partial charge >= 0.3 is 0 Å². The average molecular weight is 244 g/mol. The Labute approximate surface area is 109 Å². The van der Waals surface area contributed by atoms with Crippen LogP contribution in [0.3, 0.4) is 0 Å². The summed E-state index contributed by atoms with van der Waals surface area (Å²) in [5, 5.41) is 15.3. The molecule has 0 unspecified atom stereocenters. The minimum atomic E-state index is 0.579. The molecule has 1 aromatic rings. The van der Waals surface area contributed by atoms with E-state index in [4.69, 9.17) is 5.26 Å². The smallest absolute Gasteiger partial charge is 0.146 e. The van der Waals surface area contributed by atoms with E-state index < -0.39 is 0 Å². The number of pyridine rings is 1. The van der Waals surface area contributed by atoms with Gasteiger partial charge in [-0.25, -0.2) is 4.98 Å². The Morgan fingerprint density at radius 1 is 1.39 bits per heavy atom. The predicted molar refractivity (Wildman–Crippen MR) is 75.7 cm³/mol. The van der Waals surface area contributed by atoms with Gasteiger partial charge in [0.05, 0.1) is 5.56 Å². The second kappa shape index (κ2) is 8.13. The third-order valence-electron chi connectivity index (χ3n) is 2.52. The summed E-state index contributed by atoms with van der Waals surface area (Å²) in [6.07, 6.45) is 5.23. The van der Waals surface area contributed by atoms with Gasteiger partial charge in [-0.1, -0.05) is 25.8 Å². The maximum absolute atomic E-state index is 9.02. The molecule has 4 nitrogen and oxygen atoms in total. The second-order valence-electron chi connectivity index (χ2n) is 4.01. The molecule has 0 saturated carbocycles. The normalized spacial score (nSPS) is 9.56. The summed E-state index contributed by atoms with van der Waals surface area (Å²) in [6, 6.07) is 5.73. The lowest BCUT2D eigenvalue weighted by atomic mass is 10.2. The number of hydrogen-bond acceptors (Lipinski definition) is 4. The molecule has 0 amide bonds. The molecule has 96 valence electrons. The lowest BCUT2D eigenvalue weighted by molar-refractivity contribution is 0.742. The van der Waals surface area contributed by atoms with Crippen LogP contribution in [-0.4, -0.2) is 18.1 Å². The lowest BCUT2D eigenvalue weighted by Gasteiger charge is -2.09. The summed E-state index contributed by atoms with van der Waals surface area (Å²) < 4.78 is 0. The van der Waals surface area contributed by atoms with Crippen molar-refractivity contribution in [2.75, 3.05) is 23.7 Å². The van der Waals surface area contributed by atoms with Crippen LogP contribution in [0.2, 0.25) is 0 Å². The number of anilines is 2. The van der Waals surface area contributed by atoms with Crippen molar-refractivity contribution in [1.29, 1.82) is 5.26 Å². The third kappa shape index (κ3) is 4.46. The molecule has 2 N–H and O–H groups in total. The zero-order valence-electron chi connectivity index (χ0n) is 10.9. The first kappa shape index (κ1) is 14.0. The number of hydrogen-bond donors (Lipinski definition) is 2. The van der Waals surface area contributed by atoms with Crippen molar-refractivity contribution >= 4 is 11.6 Å². The molecular formula is C14H20N4. The first-order chi connectivity index (χ1) is 8.81. The number of nitrogens with zero attached hydrogens (tertiary/aromatic N) is 2. The number of rotatable bonds is 8. The van der Waals surface area contributed by atoms with E-state index in [1.54, 1.807) is 18.2 Å². The van der Waals surface area contributed by atoms with Gasteiger partial charge in [0.25, 0.3) is 0 Å². The zero-order valence-corrected chi connectivity index (χ0v) is 10.9. The number of nitriles is 1. The van der Waals surface area contributed by atoms with Gasteiger partial charge in [-0.3, -0.25) is 0 Å². The third-order valence-corrected chi connectivity index (χ3v) is 2.52. The Kier molecular flexibility index (Phi) is 6.34. The van der Waals surface area contributed by atoms with E-state index >= 15 is 0 Å². The molecule has 0 saturated heterocycles. The molecule has 4 heteroatoms. The van der Waals surface area contributed by atoms with Gasteiger partial charge in [-0.15, -0.1) is 6.58 Å². The van der Waals surface area contributed by atoms with Crippen LogP contribution in [0.15, 0.2) is 24.8 Å². The van der Waals surface area contributed by atoms with Gasteiger partial charge in [-0.05, 0) is 18.6 Å². The fourth-order valence-corrected chi connectivity index (χ4v) is 1.54. The van der Waals surface area contributed by atoms with E-state index in [1.807, 2.05) is 0 Å². The minimum Gasteiger partial charge on any atom is -0.369 e. The van der Waals surface area contributed by atoms with Gasteiger partial charge in [0, 0.05) is 13.1 Å². The van der Waals surface area contributed by atoms with E-state index in [-0.39, 0.29) is 0 Å². The van der Waals surface area contributed by atoms with Gasteiger partial charge in [0.1, 0.15) is 17.7 Å². The fraction of sp³-hybridized carbons (Fsp3) is 0.429. The summed E-state index contributed by atoms with van der Waals surface area (Å²) in [4.78, 5) is 4.39. The monoisotopic (exact) mass is 244 g/mol. The Morgan fingerprint density at radius 2 is 2.22 bits per heavy atom. The summed E-state index contributed by atoms with van der Waals surface area (Å²) in [7, 11) is 0. The van der Waals surface area contributed by atoms with Crippen LogP contribution in [0.25, 0.3) is 0 Å². The first-order valence-corrected chi connectivity index (χ1v) is 6.31. The van der Waals surface area contributed by atoms with Crippen LogP contribution in [-0.2, 0) is 0 Å². The molecular weight excluding hydrogens is 224 g/mol. The molecule has 0 aliphatic carbocycles. The SMILES string of the molecule is C=CCNc1ccc(C#N)c(NCCCCC)n1. The fourth-order valence-electron chi connectivity index (χ4n) is 1.54. The van der Waals surface area contributed by atoms with Gasteiger partial charge < -0.3 is 10.6 Å². The van der Waals surface area contributed by atoms with Crippen molar-refractivity contribution in [2.45, 2.75) is 26.2 Å². The van der Waals surface area contributed by atoms with Crippen molar-refractivity contribution in [3.63, 3.8) is 0 Å². The quantitative estimate of drug-likeness (QED) is 0.544. The molecule has 0 aliphatic rings. The predicted octanol–water partition coefficient (Wildman–Crippen LogP) is 3.15. The highest BCUT2D eigenvalue weighted by Gasteiger charge is 2.04. The van der Waals surface area contributed by atoms with Crippen LogP contribution in [0, 0.1) is 11.3 Å². The van der Waals surface area contributed by atoms with E-state index in [0.717, 1.165) is 18.8 Å². The largest absolute Gasteiger partial charge is 0.369 e. The molecule has 0 aromatic carbocycles. The molecule has 1 rings (SSSR count). The molecule has 1 heterocycles. The van der Waals surface area contributed by atoms with E-state index in [9.17, 15) is 0 Å². The summed E-state index contributed by atoms with van der Waals surface area (Å²) in [5.74, 6) is 1.41. The molecule has 1 aromatic heterocycles. The Bertz CT molecular complexity index is 420. The lowest BCUT2D eigenvalue weighted by Crippen LogP contribution is -2.08. The molecule has 0 bridgehead atoms. The highest BCUT2D eigenvalue weighted by atomic mass is 15.1. The maximum atomic E-state index is 9.02. The van der Waals surface area contributed by atoms with Crippen LogP contribution in [0.4, 0.5) is 11.6 Å². The molecule has 0 radical (unpaired) electrons. The number of aromatic nitrogens is 1. The Balaban J connectivity index is 2.66. The van der Waals surface area contributed by atoms with Crippen LogP contribution < -0.4 is 10.6 Å². The van der Waals surface area contributed by atoms with E-state index in [2.05, 4.69) is 35.2 Å². The highest BCUT2D eigenvalue weighted by molar-refractivity contribution is 5.56. The number of unbranched alkanes of at least 4 members (excludes halogenated alkanes) is 2. The van der Waals surface area contributed by atoms with Crippen molar-refractivity contribution in [2.24, 2.45) is 0 Å². The van der Waals surface area contributed by atoms with Crippen LogP contribution >= 0.6 is 0 Å². The standard InChI is InChI=1S/C14H20N4/c1-3-5-6-10-17-14-12(11-15)7-8-13(18-14)16-9-4-2/h4,7-8H,2-3,5-6,9-10H2,1H3,(H2,16,17,18). The molecule has 0 aliphatic heterocycles. The van der Waals surface area contributed by atoms with Crippen molar-refractivity contribution in [1.82, 2.24) is 4.98 Å². The van der Waals surface area contributed by atoms with Crippen molar-refractivity contribution in [3.8, 4) is 6.07 Å². The zero-order chi connectivity index (χ0) is 13.2. The van der Waals surface area contributed by atoms with Crippen LogP contribution in [0.5, 0.6) is 0 Å². The van der Waals surface area contributed by atoms with Gasteiger partial charge in [0.15, 0.2) is 0 Å². The summed E-state index contributed by atoms with van der Waals surface area (Å²) >= 11 is 0. The van der Waals surface area contributed by atoms with Gasteiger partial charge in [0.2, 0.25) is 0 Å². The highest BCUT2D eigenvalue weighted by Crippen LogP contribution is 2.15. The molecule has 0 spiro atoms. The minimum absolute atomic E-state index is 0.579. The Hall–Kier alpha value is -2.02. The van der Waals surface area contributed by atoms with E-state index in [0.29, 0.717) is 17.9 Å². The molecule has 18 heavy (non-hydrogen) atoms. The second-order valence-corrected chi connectivity index (χ2v) is 4.01. The summed E-state index contributed by atoms with van der Waals surface area (Å²) in [5.41, 5.74) is 0.579. The summed E-state index contributed by atoms with van der Waals surface area (Å²) in [6.45, 7) is 7.32. The van der Waals surface area contributed by atoms with Crippen molar-refractivity contribution < 1.29 is 0 Å². The number of nitrogens with one attached hydrogen (secondary N) is 2.